The predicted molar refractivity (Wildman–Crippen MR) is 90.4 cm³/mol. The molecule has 3 rings (SSSR count). The topological polar surface area (TPSA) is 71.0 Å². The predicted octanol–water partition coefficient (Wildman–Crippen LogP) is 2.44. The van der Waals surface area contributed by atoms with Crippen LogP contribution in [0.5, 0.6) is 0 Å². The molecule has 0 aromatic rings. The quantitative estimate of drug-likeness (QED) is 0.810. The summed E-state index contributed by atoms with van der Waals surface area (Å²) >= 11 is 3.47. The number of methoxy groups -OCH3 is 1. The minimum atomic E-state index is -0.567. The summed E-state index contributed by atoms with van der Waals surface area (Å²) in [5, 5.41) is 2.69. The number of halogens is 1. The molecule has 3 aliphatic rings. The average molecular weight is 384 g/mol. The second-order valence-electron chi connectivity index (χ2n) is 6.79. The molecule has 1 saturated carbocycles. The summed E-state index contributed by atoms with van der Waals surface area (Å²) in [6.45, 7) is 3.86. The molecule has 4 atom stereocenters. The van der Waals surface area contributed by atoms with E-state index >= 15 is 0 Å². The number of nitrogens with zero attached hydrogens (tertiary/aromatic N) is 2. The maximum absolute atomic E-state index is 13.1. The van der Waals surface area contributed by atoms with E-state index in [1.807, 2.05) is 24.9 Å². The lowest BCUT2D eigenvalue weighted by Gasteiger charge is -2.33. The molecule has 1 saturated heterocycles. The van der Waals surface area contributed by atoms with Crippen LogP contribution in [0.3, 0.4) is 0 Å². The molecule has 2 amide bonds. The number of piperidine rings is 1. The van der Waals surface area contributed by atoms with Gasteiger partial charge in [-0.2, -0.15) is 0 Å². The van der Waals surface area contributed by atoms with Crippen LogP contribution in [0, 0.1) is 11.8 Å². The average Bonchev–Trinajstić information content (AvgIpc) is 2.96. The smallest absolute Gasteiger partial charge is 0.407 e. The fraction of sp³-hybridized carbons (Fsp3) is 0.688. The highest BCUT2D eigenvalue weighted by atomic mass is 79.9. The number of aliphatic imine (C=N–C) groups is 1. The number of fused-ring (bicyclic) bond motifs is 1. The molecule has 0 unspecified atom stereocenters. The Morgan fingerprint density at radius 3 is 2.74 bits per heavy atom. The Labute approximate surface area is 144 Å². The van der Waals surface area contributed by atoms with E-state index in [1.165, 1.54) is 7.11 Å². The number of carbonyl (C=O) groups excluding carboxylic acids is 2. The van der Waals surface area contributed by atoms with Crippen LogP contribution in [0.2, 0.25) is 0 Å². The van der Waals surface area contributed by atoms with Crippen molar-refractivity contribution >= 4 is 33.6 Å². The Kier molecular flexibility index (Phi) is 4.49. The second-order valence-corrected chi connectivity index (χ2v) is 7.81. The van der Waals surface area contributed by atoms with Crippen molar-refractivity contribution in [3.05, 3.63) is 10.7 Å². The van der Waals surface area contributed by atoms with Gasteiger partial charge >= 0.3 is 6.09 Å². The van der Waals surface area contributed by atoms with Gasteiger partial charge in [0.15, 0.2) is 0 Å². The van der Waals surface area contributed by atoms with E-state index in [4.69, 9.17) is 0 Å². The Balaban J connectivity index is 1.77. The number of alkyl carbamates (subject to hydrolysis) is 1. The Morgan fingerprint density at radius 1 is 1.43 bits per heavy atom. The normalized spacial score (nSPS) is 29.8. The molecule has 2 fully saturated rings. The van der Waals surface area contributed by atoms with Gasteiger partial charge in [0, 0.05) is 28.9 Å². The van der Waals surface area contributed by atoms with E-state index in [0.717, 1.165) is 29.5 Å². The number of ether oxygens (including phenoxy) is 1. The first-order valence-electron chi connectivity index (χ1n) is 8.00. The molecular weight excluding hydrogens is 362 g/mol. The number of amides is 2. The summed E-state index contributed by atoms with van der Waals surface area (Å²) in [7, 11) is 1.31. The molecule has 23 heavy (non-hydrogen) atoms. The minimum absolute atomic E-state index is 0.00423. The fourth-order valence-corrected chi connectivity index (χ4v) is 3.94. The molecule has 0 aromatic heterocycles. The largest absolute Gasteiger partial charge is 0.453 e. The standard InChI is InChI=1S/C16H22BrN3O3/c1-8(2)14(19-16(22)23-3)15(21)20-12-4-9(12)5-13(20)11-6-10(17)7-18-11/h7-9,12-14H,4-6H2,1-3H3,(H,19,22)/t9-,12-,13+,14+/m1/s1. The lowest BCUT2D eigenvalue weighted by molar-refractivity contribution is -0.135. The van der Waals surface area contributed by atoms with Gasteiger partial charge in [-0.3, -0.25) is 9.79 Å². The van der Waals surface area contributed by atoms with Crippen molar-refractivity contribution in [1.82, 2.24) is 10.2 Å². The lowest BCUT2D eigenvalue weighted by atomic mass is 10.00. The van der Waals surface area contributed by atoms with Gasteiger partial charge in [-0.05, 0) is 24.7 Å². The molecule has 1 N–H and O–H groups in total. The van der Waals surface area contributed by atoms with Gasteiger partial charge in [0.25, 0.3) is 0 Å². The maximum Gasteiger partial charge on any atom is 0.407 e. The van der Waals surface area contributed by atoms with Crippen LogP contribution in [0.25, 0.3) is 0 Å². The van der Waals surface area contributed by atoms with Crippen molar-refractivity contribution in [2.45, 2.75) is 51.2 Å². The lowest BCUT2D eigenvalue weighted by Crippen LogP contribution is -2.54. The third-order valence-electron chi connectivity index (χ3n) is 4.86. The van der Waals surface area contributed by atoms with Crippen molar-refractivity contribution in [2.24, 2.45) is 16.8 Å². The van der Waals surface area contributed by atoms with Crippen LogP contribution in [-0.4, -0.2) is 47.8 Å². The van der Waals surface area contributed by atoms with Crippen molar-refractivity contribution < 1.29 is 14.3 Å². The molecule has 126 valence electrons. The van der Waals surface area contributed by atoms with E-state index in [9.17, 15) is 9.59 Å². The first-order valence-corrected chi connectivity index (χ1v) is 8.79. The highest BCUT2D eigenvalue weighted by Gasteiger charge is 2.56. The summed E-state index contributed by atoms with van der Waals surface area (Å²) < 4.78 is 5.71. The van der Waals surface area contributed by atoms with Crippen molar-refractivity contribution in [3.8, 4) is 0 Å². The summed E-state index contributed by atoms with van der Waals surface area (Å²) in [5.41, 5.74) is 1.04. The summed E-state index contributed by atoms with van der Waals surface area (Å²) in [4.78, 5) is 31.1. The Morgan fingerprint density at radius 2 is 2.17 bits per heavy atom. The summed E-state index contributed by atoms with van der Waals surface area (Å²) in [5.74, 6) is 0.554. The van der Waals surface area contributed by atoms with Crippen LogP contribution < -0.4 is 5.32 Å². The van der Waals surface area contributed by atoms with E-state index in [0.29, 0.717) is 12.0 Å². The van der Waals surface area contributed by atoms with Gasteiger partial charge in [0.2, 0.25) is 5.91 Å². The zero-order chi connectivity index (χ0) is 16.7. The number of hydrogen-bond acceptors (Lipinski definition) is 4. The minimum Gasteiger partial charge on any atom is -0.453 e. The molecule has 2 aliphatic heterocycles. The van der Waals surface area contributed by atoms with Crippen molar-refractivity contribution in [2.75, 3.05) is 7.11 Å². The van der Waals surface area contributed by atoms with E-state index in [1.54, 1.807) is 0 Å². The molecule has 0 bridgehead atoms. The maximum atomic E-state index is 13.1. The first kappa shape index (κ1) is 16.5. The van der Waals surface area contributed by atoms with Gasteiger partial charge in [0.05, 0.1) is 13.2 Å². The van der Waals surface area contributed by atoms with Gasteiger partial charge < -0.3 is 15.0 Å². The molecule has 6 nitrogen and oxygen atoms in total. The third-order valence-corrected chi connectivity index (χ3v) is 5.34. The van der Waals surface area contributed by atoms with Crippen molar-refractivity contribution in [1.29, 1.82) is 0 Å². The first-order chi connectivity index (χ1) is 10.9. The van der Waals surface area contributed by atoms with Gasteiger partial charge in [-0.1, -0.05) is 29.8 Å². The Hall–Kier alpha value is -1.37. The molecule has 0 radical (unpaired) electrons. The molecular formula is C16H22BrN3O3. The van der Waals surface area contributed by atoms with Gasteiger partial charge in [-0.25, -0.2) is 4.79 Å². The van der Waals surface area contributed by atoms with E-state index in [-0.39, 0.29) is 17.9 Å². The zero-order valence-corrected chi connectivity index (χ0v) is 15.2. The fourth-order valence-electron chi connectivity index (χ4n) is 3.55. The molecule has 0 aromatic carbocycles. The number of likely N-dealkylation sites (tertiary alicyclic amines) is 1. The number of nitrogens with one attached hydrogen (secondary N) is 1. The molecule has 0 spiro atoms. The molecule has 2 heterocycles. The monoisotopic (exact) mass is 383 g/mol. The molecule has 7 heteroatoms. The highest BCUT2D eigenvalue weighted by molar-refractivity contribution is 9.11. The van der Waals surface area contributed by atoms with Gasteiger partial charge in [0.1, 0.15) is 6.04 Å². The van der Waals surface area contributed by atoms with Crippen LogP contribution in [0.4, 0.5) is 4.79 Å². The van der Waals surface area contributed by atoms with Gasteiger partial charge in [-0.15, -0.1) is 0 Å². The Bertz CT molecular complexity index is 587. The zero-order valence-electron chi connectivity index (χ0n) is 13.6. The van der Waals surface area contributed by atoms with E-state index < -0.39 is 12.1 Å². The van der Waals surface area contributed by atoms with Crippen molar-refractivity contribution in [3.63, 3.8) is 0 Å². The second kappa shape index (κ2) is 6.26. The van der Waals surface area contributed by atoms with Crippen LogP contribution >= 0.6 is 15.9 Å². The van der Waals surface area contributed by atoms with E-state index in [2.05, 4.69) is 31.0 Å². The number of carbonyl (C=O) groups is 2. The molecule has 1 aliphatic carbocycles. The highest BCUT2D eigenvalue weighted by Crippen LogP contribution is 2.49. The number of allylic oxidation sites excluding steroid dienone is 1. The number of hydrogen-bond donors (Lipinski definition) is 1. The van der Waals surface area contributed by atoms with Crippen LogP contribution in [0.1, 0.15) is 33.1 Å². The summed E-state index contributed by atoms with van der Waals surface area (Å²) in [6.07, 6.45) is 4.06. The number of rotatable bonds is 4. The summed E-state index contributed by atoms with van der Waals surface area (Å²) in [6, 6.07) is -0.212. The van der Waals surface area contributed by atoms with Crippen LogP contribution in [0.15, 0.2) is 15.7 Å². The third kappa shape index (κ3) is 3.16. The SMILES string of the molecule is COC(=O)N[C@H](C(=O)N1[C@@H]2C[C@@H]2C[C@H]1C1=NC=C(Br)C1)C(C)C. The van der Waals surface area contributed by atoms with Crippen LogP contribution in [-0.2, 0) is 9.53 Å².